The number of aromatic nitrogens is 2. The van der Waals surface area contributed by atoms with Crippen LogP contribution in [0.1, 0.15) is 21.8 Å². The van der Waals surface area contributed by atoms with E-state index in [-0.39, 0.29) is 23.8 Å². The molecular weight excluding hydrogens is 298 g/mol. The summed E-state index contributed by atoms with van der Waals surface area (Å²) in [6, 6.07) is 5.16. The summed E-state index contributed by atoms with van der Waals surface area (Å²) < 4.78 is 9.81. The van der Waals surface area contributed by atoms with Gasteiger partial charge in [0.05, 0.1) is 6.61 Å². The van der Waals surface area contributed by atoms with Crippen molar-refractivity contribution in [2.45, 2.75) is 6.61 Å². The molecule has 0 aliphatic rings. The summed E-state index contributed by atoms with van der Waals surface area (Å²) in [6.45, 7) is 1.09. The normalized spacial score (nSPS) is 11.1. The number of allylic oxidation sites excluding steroid dienone is 1. The summed E-state index contributed by atoms with van der Waals surface area (Å²) in [6.07, 6.45) is 4.73. The molecule has 0 aliphatic heterocycles. The molecule has 0 bridgehead atoms. The number of likely N-dealkylation sites (N-methyl/N-ethyl adjacent to an activating group) is 1. The van der Waals surface area contributed by atoms with Crippen LogP contribution in [-0.4, -0.2) is 48.3 Å². The Kier molecular flexibility index (Phi) is 6.02. The zero-order valence-corrected chi connectivity index (χ0v) is 13.1. The third-order valence-electron chi connectivity index (χ3n) is 3.19. The van der Waals surface area contributed by atoms with Gasteiger partial charge in [-0.2, -0.15) is 0 Å². The van der Waals surface area contributed by atoms with Gasteiger partial charge < -0.3 is 19.3 Å². The van der Waals surface area contributed by atoms with Gasteiger partial charge in [0.1, 0.15) is 12.4 Å². The van der Waals surface area contributed by atoms with Crippen molar-refractivity contribution in [3.05, 3.63) is 47.5 Å². The van der Waals surface area contributed by atoms with Crippen LogP contribution in [0, 0.1) is 0 Å². The minimum absolute atomic E-state index is 0.161. The van der Waals surface area contributed by atoms with Crippen molar-refractivity contribution in [3.8, 4) is 0 Å². The van der Waals surface area contributed by atoms with Crippen LogP contribution in [0.15, 0.2) is 35.0 Å². The Bertz CT molecular complexity index is 664. The van der Waals surface area contributed by atoms with Crippen LogP contribution >= 0.6 is 0 Å². The fraction of sp³-hybridized carbons (Fsp3) is 0.312. The topological polar surface area (TPSA) is 88.7 Å². The van der Waals surface area contributed by atoms with Gasteiger partial charge in [-0.25, -0.2) is 4.98 Å². The maximum Gasteiger partial charge on any atom is 0.207 e. The zero-order valence-electron chi connectivity index (χ0n) is 13.1. The lowest BCUT2D eigenvalue weighted by Gasteiger charge is -2.17. The van der Waals surface area contributed by atoms with Crippen molar-refractivity contribution in [3.63, 3.8) is 0 Å². The number of methoxy groups -OCH3 is 1. The van der Waals surface area contributed by atoms with Crippen molar-refractivity contribution >= 4 is 17.7 Å². The Morgan fingerprint density at radius 2 is 2.30 bits per heavy atom. The molecule has 0 amide bonds. The SMILES string of the molecule is COCCN(C)c1ccc(C=CC(=O)c2cc(CO)on2)cn1. The van der Waals surface area contributed by atoms with E-state index in [2.05, 4.69) is 10.1 Å². The molecular formula is C16H19N3O4. The Hall–Kier alpha value is -2.51. The van der Waals surface area contributed by atoms with E-state index in [1.165, 1.54) is 12.1 Å². The maximum atomic E-state index is 11.9. The third-order valence-corrected chi connectivity index (χ3v) is 3.19. The molecule has 122 valence electrons. The second-order valence-corrected chi connectivity index (χ2v) is 4.90. The highest BCUT2D eigenvalue weighted by Crippen LogP contribution is 2.11. The second kappa shape index (κ2) is 8.21. The van der Waals surface area contributed by atoms with Gasteiger partial charge in [0.2, 0.25) is 5.78 Å². The predicted molar refractivity (Wildman–Crippen MR) is 85.2 cm³/mol. The number of carbonyl (C=O) groups excluding carboxylic acids is 1. The molecule has 2 heterocycles. The molecule has 7 nitrogen and oxygen atoms in total. The standard InChI is InChI=1S/C16H19N3O4/c1-19(7-8-22-2)16-6-4-12(10-17-16)3-5-15(21)14-9-13(11-20)23-18-14/h3-6,9-10,20H,7-8,11H2,1-2H3. The Morgan fingerprint density at radius 3 is 2.91 bits per heavy atom. The van der Waals surface area contributed by atoms with Crippen LogP contribution in [0.25, 0.3) is 6.08 Å². The molecule has 0 atom stereocenters. The summed E-state index contributed by atoms with van der Waals surface area (Å²) >= 11 is 0. The summed E-state index contributed by atoms with van der Waals surface area (Å²) in [4.78, 5) is 18.2. The fourth-order valence-corrected chi connectivity index (χ4v) is 1.83. The van der Waals surface area contributed by atoms with Gasteiger partial charge in [-0.1, -0.05) is 5.16 Å². The van der Waals surface area contributed by atoms with Gasteiger partial charge in [0.15, 0.2) is 11.5 Å². The van der Waals surface area contributed by atoms with E-state index in [9.17, 15) is 4.79 Å². The molecule has 2 aromatic rings. The van der Waals surface area contributed by atoms with Gasteiger partial charge in [-0.05, 0) is 29.8 Å². The number of carbonyl (C=O) groups is 1. The first-order valence-electron chi connectivity index (χ1n) is 7.09. The van der Waals surface area contributed by atoms with Crippen molar-refractivity contribution in [2.75, 3.05) is 32.2 Å². The summed E-state index contributed by atoms with van der Waals surface area (Å²) in [7, 11) is 3.59. The van der Waals surface area contributed by atoms with Crippen molar-refractivity contribution in [1.82, 2.24) is 10.1 Å². The molecule has 1 N–H and O–H groups in total. The molecule has 0 fully saturated rings. The highest BCUT2D eigenvalue weighted by Gasteiger charge is 2.09. The van der Waals surface area contributed by atoms with E-state index in [0.717, 1.165) is 17.9 Å². The average Bonchev–Trinajstić information content (AvgIpc) is 3.07. The third kappa shape index (κ3) is 4.73. The number of ether oxygens (including phenoxy) is 1. The van der Waals surface area contributed by atoms with Crippen LogP contribution in [0.5, 0.6) is 0 Å². The number of pyridine rings is 1. The minimum Gasteiger partial charge on any atom is -0.388 e. The van der Waals surface area contributed by atoms with Gasteiger partial charge in [0.25, 0.3) is 0 Å². The maximum absolute atomic E-state index is 11.9. The molecule has 0 saturated carbocycles. The first-order valence-corrected chi connectivity index (χ1v) is 7.09. The Morgan fingerprint density at radius 1 is 1.48 bits per heavy atom. The van der Waals surface area contributed by atoms with Crippen LogP contribution in [0.4, 0.5) is 5.82 Å². The Balaban J connectivity index is 1.98. The Labute approximate surface area is 134 Å². The number of nitrogens with zero attached hydrogens (tertiary/aromatic N) is 3. The van der Waals surface area contributed by atoms with Gasteiger partial charge in [-0.3, -0.25) is 4.79 Å². The lowest BCUT2D eigenvalue weighted by molar-refractivity contribution is 0.103. The smallest absolute Gasteiger partial charge is 0.207 e. The average molecular weight is 317 g/mol. The summed E-state index contributed by atoms with van der Waals surface area (Å²) in [5.74, 6) is 0.788. The van der Waals surface area contributed by atoms with E-state index in [1.807, 2.05) is 24.1 Å². The van der Waals surface area contributed by atoms with Crippen molar-refractivity contribution in [1.29, 1.82) is 0 Å². The molecule has 0 radical (unpaired) electrons. The lowest BCUT2D eigenvalue weighted by atomic mass is 10.2. The number of aliphatic hydroxyl groups excluding tert-OH is 1. The molecule has 0 saturated heterocycles. The molecule has 0 aromatic carbocycles. The lowest BCUT2D eigenvalue weighted by Crippen LogP contribution is -2.22. The number of rotatable bonds is 8. The predicted octanol–water partition coefficient (Wildman–Crippen LogP) is 1.54. The van der Waals surface area contributed by atoms with Crippen LogP contribution in [-0.2, 0) is 11.3 Å². The van der Waals surface area contributed by atoms with E-state index in [4.69, 9.17) is 14.4 Å². The highest BCUT2D eigenvalue weighted by molar-refractivity contribution is 6.05. The van der Waals surface area contributed by atoms with Gasteiger partial charge in [-0.15, -0.1) is 0 Å². The molecule has 0 aliphatic carbocycles. The molecule has 7 heteroatoms. The number of aliphatic hydroxyl groups is 1. The van der Waals surface area contributed by atoms with Gasteiger partial charge >= 0.3 is 0 Å². The molecule has 2 rings (SSSR count). The van der Waals surface area contributed by atoms with E-state index in [1.54, 1.807) is 19.4 Å². The van der Waals surface area contributed by atoms with Crippen molar-refractivity contribution in [2.24, 2.45) is 0 Å². The summed E-state index contributed by atoms with van der Waals surface area (Å²) in [5, 5.41) is 12.5. The first-order chi connectivity index (χ1) is 11.1. The quantitative estimate of drug-likeness (QED) is 0.583. The molecule has 0 unspecified atom stereocenters. The molecule has 23 heavy (non-hydrogen) atoms. The van der Waals surface area contributed by atoms with Crippen LogP contribution < -0.4 is 4.90 Å². The van der Waals surface area contributed by atoms with Gasteiger partial charge in [0, 0.05) is 33.0 Å². The summed E-state index contributed by atoms with van der Waals surface area (Å²) in [5.41, 5.74) is 0.960. The van der Waals surface area contributed by atoms with E-state index in [0.29, 0.717) is 6.61 Å². The minimum atomic E-state index is -0.297. The van der Waals surface area contributed by atoms with E-state index >= 15 is 0 Å². The fourth-order valence-electron chi connectivity index (χ4n) is 1.83. The number of hydrogen-bond donors (Lipinski definition) is 1. The monoisotopic (exact) mass is 317 g/mol. The molecule has 0 spiro atoms. The van der Waals surface area contributed by atoms with Crippen molar-refractivity contribution < 1.29 is 19.2 Å². The van der Waals surface area contributed by atoms with Crippen LogP contribution in [0.2, 0.25) is 0 Å². The number of hydrogen-bond acceptors (Lipinski definition) is 7. The number of ketones is 1. The largest absolute Gasteiger partial charge is 0.388 e. The first kappa shape index (κ1) is 16.9. The second-order valence-electron chi connectivity index (χ2n) is 4.90. The number of anilines is 1. The van der Waals surface area contributed by atoms with Crippen LogP contribution in [0.3, 0.4) is 0 Å². The zero-order chi connectivity index (χ0) is 16.7. The molecule has 2 aromatic heterocycles. The highest BCUT2D eigenvalue weighted by atomic mass is 16.5. The van der Waals surface area contributed by atoms with E-state index < -0.39 is 0 Å².